The lowest BCUT2D eigenvalue weighted by Crippen LogP contribution is -2.55. The van der Waals surface area contributed by atoms with Crippen LogP contribution >= 0.6 is 0 Å². The van der Waals surface area contributed by atoms with Gasteiger partial charge in [0.1, 0.15) is 12.4 Å². The van der Waals surface area contributed by atoms with Crippen molar-refractivity contribution in [1.29, 1.82) is 5.26 Å². The number of benzene rings is 1. The first-order chi connectivity index (χ1) is 21.7. The zero-order valence-corrected chi connectivity index (χ0v) is 25.6. The Labute approximate surface area is 262 Å². The summed E-state index contributed by atoms with van der Waals surface area (Å²) in [6.07, 6.45) is 3.10. The third-order valence-electron chi connectivity index (χ3n) is 9.62. The van der Waals surface area contributed by atoms with Crippen LogP contribution in [0.15, 0.2) is 30.9 Å². The lowest BCUT2D eigenvalue weighted by atomic mass is 9.88. The molecule has 2 saturated heterocycles. The van der Waals surface area contributed by atoms with Gasteiger partial charge in [-0.05, 0) is 75.4 Å². The maximum atomic E-state index is 13.7. The van der Waals surface area contributed by atoms with Gasteiger partial charge in [0, 0.05) is 56.4 Å². The molecule has 240 valence electrons. The number of amides is 1. The summed E-state index contributed by atoms with van der Waals surface area (Å²) >= 11 is 0. The fourth-order valence-electron chi connectivity index (χ4n) is 7.31. The lowest BCUT2D eigenvalue weighted by Gasteiger charge is -2.43. The van der Waals surface area contributed by atoms with E-state index >= 15 is 0 Å². The molecule has 3 aliphatic heterocycles. The third kappa shape index (κ3) is 6.73. The van der Waals surface area contributed by atoms with Crippen LogP contribution in [0, 0.1) is 11.3 Å². The summed E-state index contributed by atoms with van der Waals surface area (Å²) in [5, 5.41) is 9.51. The van der Waals surface area contributed by atoms with E-state index in [4.69, 9.17) is 14.7 Å². The van der Waals surface area contributed by atoms with Gasteiger partial charge >= 0.3 is 12.2 Å². The molecule has 6 rings (SSSR count). The van der Waals surface area contributed by atoms with Crippen LogP contribution in [0.5, 0.6) is 6.01 Å². The molecule has 2 fully saturated rings. The van der Waals surface area contributed by atoms with Gasteiger partial charge in [-0.1, -0.05) is 12.6 Å². The first-order valence-electron chi connectivity index (χ1n) is 16.0. The first-order valence-corrected chi connectivity index (χ1v) is 16.0. The number of halogens is 3. The molecular weight excluding hydrogens is 583 g/mol. The Hall–Kier alpha value is -3.85. The largest absolute Gasteiger partial charge is 0.462 e. The minimum atomic E-state index is -4.40. The quantitative estimate of drug-likeness (QED) is 0.400. The van der Waals surface area contributed by atoms with E-state index in [-0.39, 0.29) is 24.4 Å². The van der Waals surface area contributed by atoms with Crippen molar-refractivity contribution < 1.29 is 22.7 Å². The van der Waals surface area contributed by atoms with Crippen LogP contribution in [0.4, 0.5) is 24.7 Å². The summed E-state index contributed by atoms with van der Waals surface area (Å²) in [6, 6.07) is 6.32. The number of anilines is 2. The second kappa shape index (κ2) is 13.3. The van der Waals surface area contributed by atoms with E-state index in [0.717, 1.165) is 61.5 Å². The fourth-order valence-corrected chi connectivity index (χ4v) is 7.31. The van der Waals surface area contributed by atoms with Gasteiger partial charge in [-0.3, -0.25) is 9.69 Å². The topological polar surface area (TPSA) is 88.8 Å². The number of alkyl halides is 3. The molecule has 0 bridgehead atoms. The van der Waals surface area contributed by atoms with Crippen LogP contribution in [-0.4, -0.2) is 90.2 Å². The number of carbonyl (C=O) groups excluding carboxylic acids is 1. The smallest absolute Gasteiger partial charge is 0.416 e. The van der Waals surface area contributed by atoms with Gasteiger partial charge in [0.15, 0.2) is 0 Å². The van der Waals surface area contributed by atoms with Crippen molar-refractivity contribution in [3.05, 3.63) is 53.2 Å². The molecule has 45 heavy (non-hydrogen) atoms. The number of likely N-dealkylation sites (tertiary alicyclic amines) is 1. The number of carbonyl (C=O) groups is 1. The Balaban J connectivity index is 1.29. The van der Waals surface area contributed by atoms with Crippen LogP contribution in [0.3, 0.4) is 0 Å². The molecule has 4 heterocycles. The number of aryl methyl sites for hydroxylation is 1. The van der Waals surface area contributed by atoms with Crippen LogP contribution < -0.4 is 14.5 Å². The Morgan fingerprint density at radius 3 is 2.69 bits per heavy atom. The zero-order chi connectivity index (χ0) is 31.6. The van der Waals surface area contributed by atoms with Crippen molar-refractivity contribution in [2.75, 3.05) is 62.2 Å². The number of fused-ring (bicyclic) bond motifs is 2. The van der Waals surface area contributed by atoms with E-state index in [9.17, 15) is 23.2 Å². The predicted molar refractivity (Wildman–Crippen MR) is 164 cm³/mol. The van der Waals surface area contributed by atoms with Gasteiger partial charge in [-0.15, -0.1) is 0 Å². The molecule has 0 saturated carbocycles. The number of nitriles is 1. The minimum absolute atomic E-state index is 0.00590. The molecule has 2 atom stereocenters. The molecule has 12 heteroatoms. The highest BCUT2D eigenvalue weighted by Crippen LogP contribution is 2.39. The number of hydrogen-bond acceptors (Lipinski definition) is 8. The van der Waals surface area contributed by atoms with Crippen molar-refractivity contribution in [1.82, 2.24) is 19.8 Å². The summed E-state index contributed by atoms with van der Waals surface area (Å²) in [7, 11) is 0. The zero-order valence-electron chi connectivity index (χ0n) is 25.6. The van der Waals surface area contributed by atoms with Crippen molar-refractivity contribution in [3.8, 4) is 12.1 Å². The molecule has 2 unspecified atom stereocenters. The molecule has 0 radical (unpaired) electrons. The SMILES string of the molecule is C=CC(=O)N1CCN(c2nc(OCCN3CCCC3)nc3c2CCC(N2CCCc4ccc(C(F)(F)F)cc42)C3)CC1CC#N. The summed E-state index contributed by atoms with van der Waals surface area (Å²) in [4.78, 5) is 30.7. The Morgan fingerprint density at radius 1 is 1.11 bits per heavy atom. The monoisotopic (exact) mass is 623 g/mol. The average molecular weight is 624 g/mol. The van der Waals surface area contributed by atoms with Crippen LogP contribution in [-0.2, 0) is 30.2 Å². The summed E-state index contributed by atoms with van der Waals surface area (Å²) in [5.74, 6) is 0.575. The van der Waals surface area contributed by atoms with Crippen LogP contribution in [0.25, 0.3) is 0 Å². The number of rotatable bonds is 8. The van der Waals surface area contributed by atoms with Crippen LogP contribution in [0.1, 0.15) is 54.5 Å². The summed E-state index contributed by atoms with van der Waals surface area (Å²) in [5.41, 5.74) is 2.86. The van der Waals surface area contributed by atoms with Gasteiger partial charge < -0.3 is 19.4 Å². The lowest BCUT2D eigenvalue weighted by molar-refractivity contribution is -0.137. The average Bonchev–Trinajstić information content (AvgIpc) is 3.56. The van der Waals surface area contributed by atoms with Crippen molar-refractivity contribution in [2.24, 2.45) is 0 Å². The predicted octanol–water partition coefficient (Wildman–Crippen LogP) is 4.40. The highest BCUT2D eigenvalue weighted by molar-refractivity contribution is 5.87. The highest BCUT2D eigenvalue weighted by Gasteiger charge is 2.37. The Bertz CT molecular complexity index is 1450. The van der Waals surface area contributed by atoms with E-state index in [0.29, 0.717) is 57.3 Å². The number of nitrogens with zero attached hydrogens (tertiary/aromatic N) is 7. The second-order valence-electron chi connectivity index (χ2n) is 12.4. The normalized spacial score (nSPS) is 22.0. The number of aromatic nitrogens is 2. The molecule has 1 aliphatic carbocycles. The standard InChI is InChI=1S/C33H40F3N7O2/c1-2-30(44)43-17-16-41(22-26(43)11-12-37)31-27-10-9-25(21-28(27)38-32(39-31)45-19-18-40-13-3-4-14-40)42-15-5-6-23-7-8-24(20-29(23)42)33(34,35)36/h2,7-8,20,25-26H,1,3-6,9-11,13-19,21-22H2. The number of hydrogen-bond donors (Lipinski definition) is 0. The first kappa shape index (κ1) is 31.1. The molecule has 2 aromatic rings. The minimum Gasteiger partial charge on any atom is -0.462 e. The molecule has 1 aromatic carbocycles. The van der Waals surface area contributed by atoms with Gasteiger partial charge in [0.2, 0.25) is 5.91 Å². The maximum absolute atomic E-state index is 13.7. The molecule has 1 aromatic heterocycles. The van der Waals surface area contributed by atoms with E-state index in [1.54, 1.807) is 11.0 Å². The maximum Gasteiger partial charge on any atom is 0.416 e. The molecule has 0 spiro atoms. The molecule has 1 amide bonds. The molecule has 4 aliphatic rings. The van der Waals surface area contributed by atoms with Crippen LogP contribution in [0.2, 0.25) is 0 Å². The van der Waals surface area contributed by atoms with E-state index in [1.807, 2.05) is 0 Å². The van der Waals surface area contributed by atoms with Gasteiger partial charge in [-0.25, -0.2) is 0 Å². The van der Waals surface area contributed by atoms with Gasteiger partial charge in [-0.2, -0.15) is 28.4 Å². The van der Waals surface area contributed by atoms with Gasteiger partial charge in [0.25, 0.3) is 0 Å². The van der Waals surface area contributed by atoms with E-state index in [1.165, 1.54) is 31.1 Å². The number of piperazine rings is 1. The van der Waals surface area contributed by atoms with E-state index in [2.05, 4.69) is 27.3 Å². The highest BCUT2D eigenvalue weighted by atomic mass is 19.4. The molecule has 0 N–H and O–H groups in total. The van der Waals surface area contributed by atoms with Crippen molar-refractivity contribution in [2.45, 2.75) is 69.6 Å². The molecular formula is C33H40F3N7O2. The summed E-state index contributed by atoms with van der Waals surface area (Å²) < 4.78 is 47.1. The third-order valence-corrected chi connectivity index (χ3v) is 9.62. The van der Waals surface area contributed by atoms with Gasteiger partial charge in [0.05, 0.1) is 29.8 Å². The van der Waals surface area contributed by atoms with Crippen molar-refractivity contribution in [3.63, 3.8) is 0 Å². The Kier molecular flexibility index (Phi) is 9.17. The number of ether oxygens (including phenoxy) is 1. The molecule has 9 nitrogen and oxygen atoms in total. The second-order valence-corrected chi connectivity index (χ2v) is 12.4. The van der Waals surface area contributed by atoms with E-state index < -0.39 is 11.7 Å². The summed E-state index contributed by atoms with van der Waals surface area (Å²) in [6.45, 7) is 9.12. The van der Waals surface area contributed by atoms with Crippen molar-refractivity contribution >= 4 is 17.4 Å². The Morgan fingerprint density at radius 2 is 1.93 bits per heavy atom. The fraction of sp³-hybridized carbons (Fsp3) is 0.576.